The van der Waals surface area contributed by atoms with E-state index in [-0.39, 0.29) is 0 Å². The highest BCUT2D eigenvalue weighted by molar-refractivity contribution is 5.82. The zero-order valence-corrected chi connectivity index (χ0v) is 8.84. The van der Waals surface area contributed by atoms with Crippen LogP contribution in [0.15, 0.2) is 18.2 Å². The van der Waals surface area contributed by atoms with Crippen molar-refractivity contribution in [1.82, 2.24) is 5.32 Å². The number of amides is 1. The molecule has 0 aromatic heterocycles. The first-order chi connectivity index (χ1) is 7.86. The molecule has 92 valence electrons. The molecule has 1 atom stereocenters. The summed E-state index contributed by atoms with van der Waals surface area (Å²) in [6, 6.07) is 4.72. The predicted octanol–water partition coefficient (Wildman–Crippen LogP) is 1.41. The van der Waals surface area contributed by atoms with Crippen molar-refractivity contribution in [3.05, 3.63) is 29.3 Å². The third-order valence-corrected chi connectivity index (χ3v) is 2.76. The van der Waals surface area contributed by atoms with Gasteiger partial charge < -0.3 is 11.1 Å². The number of alkyl halides is 3. The molecule has 0 saturated carbocycles. The van der Waals surface area contributed by atoms with Gasteiger partial charge in [-0.1, -0.05) is 6.07 Å². The summed E-state index contributed by atoms with van der Waals surface area (Å²) in [4.78, 5) is 10.8. The Bertz CT molecular complexity index is 457. The van der Waals surface area contributed by atoms with E-state index in [4.69, 9.17) is 5.73 Å². The number of fused-ring (bicyclic) bond motifs is 1. The first kappa shape index (κ1) is 11.8. The van der Waals surface area contributed by atoms with Crippen molar-refractivity contribution in [3.63, 3.8) is 0 Å². The van der Waals surface area contributed by atoms with Gasteiger partial charge in [0.05, 0.1) is 0 Å². The van der Waals surface area contributed by atoms with Gasteiger partial charge in [-0.05, 0) is 36.1 Å². The fourth-order valence-electron chi connectivity index (χ4n) is 2.01. The Balaban J connectivity index is 2.04. The lowest BCUT2D eigenvalue weighted by Crippen LogP contribution is -2.43. The van der Waals surface area contributed by atoms with Crippen molar-refractivity contribution in [2.75, 3.05) is 5.73 Å². The molecule has 1 unspecified atom stereocenters. The van der Waals surface area contributed by atoms with E-state index in [1.54, 1.807) is 18.2 Å². The number of benzene rings is 1. The molecule has 0 fully saturated rings. The summed E-state index contributed by atoms with van der Waals surface area (Å²) in [5, 5.41) is 1.98. The van der Waals surface area contributed by atoms with Gasteiger partial charge in [-0.2, -0.15) is 13.2 Å². The molecule has 1 aliphatic rings. The van der Waals surface area contributed by atoms with Crippen LogP contribution in [0.4, 0.5) is 18.9 Å². The maximum Gasteiger partial charge on any atom is 0.471 e. The van der Waals surface area contributed by atoms with Crippen LogP contribution in [0.3, 0.4) is 0 Å². The zero-order chi connectivity index (χ0) is 12.6. The molecule has 1 aromatic rings. The highest BCUT2D eigenvalue weighted by Crippen LogP contribution is 2.25. The van der Waals surface area contributed by atoms with Crippen molar-refractivity contribution in [2.24, 2.45) is 0 Å². The van der Waals surface area contributed by atoms with Crippen molar-refractivity contribution < 1.29 is 18.0 Å². The van der Waals surface area contributed by atoms with Gasteiger partial charge in [-0.25, -0.2) is 0 Å². The quantitative estimate of drug-likeness (QED) is 0.734. The standard InChI is InChI=1S/C11H11F3N2O/c12-11(13,14)10(17)16-9-4-6-1-2-8(15)3-7(6)5-9/h1-3,9H,4-5,15H2,(H,16,17). The molecular weight excluding hydrogens is 233 g/mol. The molecule has 2 rings (SSSR count). The van der Waals surface area contributed by atoms with Crippen LogP contribution in [0.2, 0.25) is 0 Å². The summed E-state index contributed by atoms with van der Waals surface area (Å²) < 4.78 is 36.2. The molecule has 0 saturated heterocycles. The second-order valence-electron chi connectivity index (χ2n) is 4.10. The molecule has 0 aliphatic heterocycles. The Hall–Kier alpha value is -1.72. The van der Waals surface area contributed by atoms with Gasteiger partial charge >= 0.3 is 12.1 Å². The first-order valence-electron chi connectivity index (χ1n) is 5.11. The molecule has 0 heterocycles. The molecule has 17 heavy (non-hydrogen) atoms. The minimum Gasteiger partial charge on any atom is -0.399 e. The number of nitrogen functional groups attached to an aromatic ring is 1. The number of nitrogens with two attached hydrogens (primary N) is 1. The van der Waals surface area contributed by atoms with Crippen molar-refractivity contribution in [1.29, 1.82) is 0 Å². The summed E-state index contributed by atoms with van der Waals surface area (Å²) in [6.45, 7) is 0. The fraction of sp³-hybridized carbons (Fsp3) is 0.364. The summed E-state index contributed by atoms with van der Waals surface area (Å²) in [5.41, 5.74) is 7.99. The van der Waals surface area contributed by atoms with Crippen LogP contribution in [0.1, 0.15) is 11.1 Å². The van der Waals surface area contributed by atoms with E-state index in [1.165, 1.54) is 0 Å². The maximum absolute atomic E-state index is 12.1. The van der Waals surface area contributed by atoms with Crippen LogP contribution < -0.4 is 11.1 Å². The third-order valence-electron chi connectivity index (χ3n) is 2.76. The Labute approximate surface area is 95.8 Å². The molecule has 1 aliphatic carbocycles. The number of anilines is 1. The van der Waals surface area contributed by atoms with E-state index in [9.17, 15) is 18.0 Å². The summed E-state index contributed by atoms with van der Waals surface area (Å²) >= 11 is 0. The fourth-order valence-corrected chi connectivity index (χ4v) is 2.01. The van der Waals surface area contributed by atoms with E-state index in [0.29, 0.717) is 18.5 Å². The Morgan fingerprint density at radius 1 is 1.29 bits per heavy atom. The van der Waals surface area contributed by atoms with E-state index >= 15 is 0 Å². The Morgan fingerprint density at radius 2 is 1.94 bits per heavy atom. The number of rotatable bonds is 1. The molecule has 6 heteroatoms. The number of halogens is 3. The highest BCUT2D eigenvalue weighted by atomic mass is 19.4. The average Bonchev–Trinajstić information content (AvgIpc) is 2.57. The molecule has 1 aromatic carbocycles. The Kier molecular flexibility index (Phi) is 2.73. The topological polar surface area (TPSA) is 55.1 Å². The normalized spacial score (nSPS) is 18.9. The van der Waals surface area contributed by atoms with Crippen LogP contribution in [0.25, 0.3) is 0 Å². The van der Waals surface area contributed by atoms with Gasteiger partial charge in [0.2, 0.25) is 0 Å². The minimum absolute atomic E-state index is 0.391. The van der Waals surface area contributed by atoms with Crippen molar-refractivity contribution >= 4 is 11.6 Å². The zero-order valence-electron chi connectivity index (χ0n) is 8.84. The maximum atomic E-state index is 12.1. The number of hydrogen-bond donors (Lipinski definition) is 2. The molecule has 1 amide bonds. The average molecular weight is 244 g/mol. The van der Waals surface area contributed by atoms with E-state index in [2.05, 4.69) is 0 Å². The predicted molar refractivity (Wildman–Crippen MR) is 56.2 cm³/mol. The molecular formula is C11H11F3N2O. The SMILES string of the molecule is Nc1ccc2c(c1)CC(NC(=O)C(F)(F)F)C2. The third kappa shape index (κ3) is 2.51. The smallest absolute Gasteiger partial charge is 0.399 e. The molecule has 3 N–H and O–H groups in total. The number of carbonyl (C=O) groups is 1. The van der Waals surface area contributed by atoms with Gasteiger partial charge in [-0.3, -0.25) is 4.79 Å². The molecule has 0 bridgehead atoms. The van der Waals surface area contributed by atoms with Crippen LogP contribution in [-0.2, 0) is 17.6 Å². The first-order valence-corrected chi connectivity index (χ1v) is 5.11. The summed E-state index contributed by atoms with van der Waals surface area (Å²) in [5.74, 6) is -1.89. The largest absolute Gasteiger partial charge is 0.471 e. The second-order valence-corrected chi connectivity index (χ2v) is 4.10. The van der Waals surface area contributed by atoms with Crippen molar-refractivity contribution in [2.45, 2.75) is 25.1 Å². The van der Waals surface area contributed by atoms with Crippen LogP contribution in [0, 0.1) is 0 Å². The van der Waals surface area contributed by atoms with Gasteiger partial charge in [0.25, 0.3) is 0 Å². The van der Waals surface area contributed by atoms with Crippen LogP contribution in [0.5, 0.6) is 0 Å². The lowest BCUT2D eigenvalue weighted by Gasteiger charge is -2.13. The number of hydrogen-bond acceptors (Lipinski definition) is 2. The molecule has 3 nitrogen and oxygen atoms in total. The number of carbonyl (C=O) groups excluding carboxylic acids is 1. The van der Waals surface area contributed by atoms with E-state index in [0.717, 1.165) is 11.1 Å². The summed E-state index contributed by atoms with van der Waals surface area (Å²) in [7, 11) is 0. The van der Waals surface area contributed by atoms with Crippen LogP contribution in [-0.4, -0.2) is 18.1 Å². The van der Waals surface area contributed by atoms with Gasteiger partial charge in [0.1, 0.15) is 0 Å². The van der Waals surface area contributed by atoms with Gasteiger partial charge in [0, 0.05) is 11.7 Å². The second kappa shape index (κ2) is 3.94. The number of nitrogens with one attached hydrogen (secondary N) is 1. The summed E-state index contributed by atoms with van der Waals surface area (Å²) in [6.07, 6.45) is -4.02. The lowest BCUT2D eigenvalue weighted by atomic mass is 10.1. The molecule has 0 radical (unpaired) electrons. The Morgan fingerprint density at radius 3 is 2.59 bits per heavy atom. The monoisotopic (exact) mass is 244 g/mol. The highest BCUT2D eigenvalue weighted by Gasteiger charge is 2.40. The van der Waals surface area contributed by atoms with Crippen molar-refractivity contribution in [3.8, 4) is 0 Å². The van der Waals surface area contributed by atoms with Crippen LogP contribution >= 0.6 is 0 Å². The molecule has 0 spiro atoms. The lowest BCUT2D eigenvalue weighted by molar-refractivity contribution is -0.174. The van der Waals surface area contributed by atoms with Gasteiger partial charge in [-0.15, -0.1) is 0 Å². The van der Waals surface area contributed by atoms with Gasteiger partial charge in [0.15, 0.2) is 0 Å². The van der Waals surface area contributed by atoms with E-state index < -0.39 is 18.1 Å². The van der Waals surface area contributed by atoms with E-state index in [1.807, 2.05) is 5.32 Å². The minimum atomic E-state index is -4.83.